The molecular weight excluding hydrogens is 291 g/mol. The first-order chi connectivity index (χ1) is 9.86. The number of hydrogen-bond acceptors (Lipinski definition) is 4. The molecule has 1 aliphatic rings. The summed E-state index contributed by atoms with van der Waals surface area (Å²) in [4.78, 5) is 4.94. The van der Waals surface area contributed by atoms with E-state index in [0.717, 1.165) is 32.8 Å². The molecule has 0 aliphatic carbocycles. The van der Waals surface area contributed by atoms with E-state index in [1.807, 2.05) is 13.8 Å². The Hall–Kier alpha value is 0.906. The van der Waals surface area contributed by atoms with Crippen LogP contribution in [0.2, 0.25) is 0 Å². The molecule has 0 atom stereocenters. The van der Waals surface area contributed by atoms with Crippen LogP contribution in [0.3, 0.4) is 0 Å². The van der Waals surface area contributed by atoms with Gasteiger partial charge in [-0.2, -0.15) is 6.92 Å². The molecular formula is C16H31KN2O2. The van der Waals surface area contributed by atoms with E-state index in [1.54, 1.807) is 0 Å². The van der Waals surface area contributed by atoms with Crippen molar-refractivity contribution in [1.82, 2.24) is 9.80 Å². The second kappa shape index (κ2) is 19.0. The monoisotopic (exact) mass is 322 g/mol. The Bertz CT molecular complexity index is 259. The van der Waals surface area contributed by atoms with Gasteiger partial charge in [0.05, 0.1) is 19.8 Å². The summed E-state index contributed by atoms with van der Waals surface area (Å²) in [5, 5.41) is 0. The van der Waals surface area contributed by atoms with E-state index < -0.39 is 0 Å². The Labute approximate surface area is 174 Å². The van der Waals surface area contributed by atoms with Crippen molar-refractivity contribution in [1.29, 1.82) is 0 Å². The minimum Gasteiger partial charge on any atom is -0.387 e. The van der Waals surface area contributed by atoms with Crippen molar-refractivity contribution in [3.05, 3.63) is 6.92 Å². The molecule has 1 aliphatic heterocycles. The summed E-state index contributed by atoms with van der Waals surface area (Å²) in [5.41, 5.74) is 0. The molecule has 0 saturated carbocycles. The van der Waals surface area contributed by atoms with Crippen molar-refractivity contribution in [3.63, 3.8) is 0 Å². The molecule has 0 aromatic heterocycles. The summed E-state index contributed by atoms with van der Waals surface area (Å²) >= 11 is 0. The van der Waals surface area contributed by atoms with Gasteiger partial charge in [-0.15, -0.1) is 0 Å². The molecule has 0 unspecified atom stereocenters. The van der Waals surface area contributed by atoms with E-state index >= 15 is 0 Å². The zero-order valence-electron chi connectivity index (χ0n) is 14.5. The maximum atomic E-state index is 5.53. The zero-order valence-corrected chi connectivity index (χ0v) is 17.6. The van der Waals surface area contributed by atoms with Gasteiger partial charge in [-0.25, -0.2) is 0 Å². The summed E-state index contributed by atoms with van der Waals surface area (Å²) in [7, 11) is 0. The first kappa shape index (κ1) is 24.2. The van der Waals surface area contributed by atoms with E-state index in [4.69, 9.17) is 9.47 Å². The van der Waals surface area contributed by atoms with Gasteiger partial charge in [-0.05, 0) is 6.54 Å². The number of rotatable bonds is 8. The van der Waals surface area contributed by atoms with Crippen LogP contribution < -0.4 is 51.4 Å². The molecule has 118 valence electrons. The van der Waals surface area contributed by atoms with Crippen molar-refractivity contribution in [2.24, 2.45) is 0 Å². The van der Waals surface area contributed by atoms with Crippen LogP contribution in [0.25, 0.3) is 0 Å². The maximum Gasteiger partial charge on any atom is 1.00 e. The molecule has 5 heteroatoms. The summed E-state index contributed by atoms with van der Waals surface area (Å²) < 4.78 is 10.8. The third kappa shape index (κ3) is 14.2. The van der Waals surface area contributed by atoms with Gasteiger partial charge in [0.15, 0.2) is 0 Å². The molecule has 0 spiro atoms. The molecule has 0 aromatic rings. The second-order valence-corrected chi connectivity index (χ2v) is 4.29. The van der Waals surface area contributed by atoms with E-state index in [1.165, 1.54) is 13.1 Å². The summed E-state index contributed by atoms with van der Waals surface area (Å²) in [6, 6.07) is 0. The quantitative estimate of drug-likeness (QED) is 0.236. The number of hydrogen-bond donors (Lipinski definition) is 0. The van der Waals surface area contributed by atoms with E-state index in [-0.39, 0.29) is 51.4 Å². The fraction of sp³-hybridized carbons (Fsp3) is 0.812. The molecule has 1 fully saturated rings. The third-order valence-electron chi connectivity index (χ3n) is 3.14. The average Bonchev–Trinajstić information content (AvgIpc) is 2.52. The Balaban J connectivity index is 0. The maximum absolute atomic E-state index is 5.53. The van der Waals surface area contributed by atoms with E-state index in [2.05, 4.69) is 35.5 Å². The van der Waals surface area contributed by atoms with Crippen LogP contribution in [0.15, 0.2) is 0 Å². The molecule has 0 bridgehead atoms. The molecule has 21 heavy (non-hydrogen) atoms. The summed E-state index contributed by atoms with van der Waals surface area (Å²) in [6.45, 7) is 19.0. The Morgan fingerprint density at radius 1 is 0.952 bits per heavy atom. The minimum atomic E-state index is 0. The van der Waals surface area contributed by atoms with Crippen molar-refractivity contribution in [2.45, 2.75) is 20.8 Å². The second-order valence-electron chi connectivity index (χ2n) is 4.29. The largest absolute Gasteiger partial charge is 1.00 e. The summed E-state index contributed by atoms with van der Waals surface area (Å²) in [6.07, 6.45) is 0. The zero-order chi connectivity index (χ0) is 15.1. The topological polar surface area (TPSA) is 24.9 Å². The normalized spacial score (nSPS) is 15.2. The van der Waals surface area contributed by atoms with Gasteiger partial charge in [-0.3, -0.25) is 10.8 Å². The van der Waals surface area contributed by atoms with Crippen LogP contribution in [0.5, 0.6) is 0 Å². The molecule has 1 rings (SSSR count). The van der Waals surface area contributed by atoms with Gasteiger partial charge < -0.3 is 20.3 Å². The molecule has 1 heterocycles. The van der Waals surface area contributed by atoms with E-state index in [0.29, 0.717) is 19.8 Å². The Morgan fingerprint density at radius 2 is 1.52 bits per heavy atom. The first-order valence-electron chi connectivity index (χ1n) is 7.72. The van der Waals surface area contributed by atoms with Crippen LogP contribution in [-0.2, 0) is 9.47 Å². The van der Waals surface area contributed by atoms with Gasteiger partial charge in [0.2, 0.25) is 0 Å². The van der Waals surface area contributed by atoms with Crippen molar-refractivity contribution < 1.29 is 60.9 Å². The van der Waals surface area contributed by atoms with Gasteiger partial charge >= 0.3 is 51.4 Å². The smallest absolute Gasteiger partial charge is 0.387 e. The van der Waals surface area contributed by atoms with Crippen molar-refractivity contribution in [3.8, 4) is 11.8 Å². The third-order valence-corrected chi connectivity index (χ3v) is 3.14. The van der Waals surface area contributed by atoms with Gasteiger partial charge in [0.25, 0.3) is 0 Å². The van der Waals surface area contributed by atoms with Gasteiger partial charge in [-0.1, -0.05) is 20.8 Å². The van der Waals surface area contributed by atoms with Crippen LogP contribution >= 0.6 is 0 Å². The average molecular weight is 323 g/mol. The standard InChI is InChI=1S/C14H25N2O2.C2H6.K/c1-3-5-11-17-13-14-18-12-10-16-8-6-15(4-2)7-9-16;1-2;/h1,4,6-14H2,2H3;1-2H3;/q-1;;+1. The number of piperazine rings is 1. The molecule has 0 N–H and O–H groups in total. The number of nitrogens with zero attached hydrogens (tertiary/aromatic N) is 2. The minimum absolute atomic E-state index is 0. The molecule has 0 aromatic carbocycles. The van der Waals surface area contributed by atoms with Crippen LogP contribution in [0, 0.1) is 18.8 Å². The summed E-state index contributed by atoms with van der Waals surface area (Å²) in [5.74, 6) is 5.29. The van der Waals surface area contributed by atoms with Gasteiger partial charge in [0, 0.05) is 39.3 Å². The van der Waals surface area contributed by atoms with Gasteiger partial charge in [0.1, 0.15) is 0 Å². The van der Waals surface area contributed by atoms with Crippen molar-refractivity contribution in [2.75, 3.05) is 65.7 Å². The Morgan fingerprint density at radius 3 is 2.10 bits per heavy atom. The molecule has 0 amide bonds. The fourth-order valence-electron chi connectivity index (χ4n) is 1.92. The fourth-order valence-corrected chi connectivity index (χ4v) is 1.92. The molecule has 4 nitrogen and oxygen atoms in total. The number of ether oxygens (including phenoxy) is 2. The predicted octanol–water partition coefficient (Wildman–Crippen LogP) is -1.48. The Kier molecular flexibility index (Phi) is 21.8. The molecule has 1 saturated heterocycles. The van der Waals surface area contributed by atoms with Crippen molar-refractivity contribution >= 4 is 0 Å². The molecule has 0 radical (unpaired) electrons. The van der Waals surface area contributed by atoms with Crippen LogP contribution in [0.4, 0.5) is 0 Å². The van der Waals surface area contributed by atoms with Crippen LogP contribution in [0.1, 0.15) is 20.8 Å². The van der Waals surface area contributed by atoms with Crippen LogP contribution in [-0.4, -0.2) is 75.5 Å². The predicted molar refractivity (Wildman–Crippen MR) is 84.7 cm³/mol. The first-order valence-corrected chi connectivity index (χ1v) is 7.72. The SMILES string of the molecule is CC.[CH2-]C#CCOCCOCCN1CCN(CC)CC1.[K+]. The number of likely N-dealkylation sites (N-methyl/N-ethyl adjacent to an activating group) is 1. The van der Waals surface area contributed by atoms with E-state index in [9.17, 15) is 0 Å².